The standard InChI is InChI=1S/C21H20N4O2/c26-21(18-7-9-20(22-16-18)24-12-14-27-15-13-24)25-11-10-19(23-25)8-6-17-4-2-1-3-5-17/h1-11,16H,12-15H2. The number of pyridine rings is 1. The first-order valence-corrected chi connectivity index (χ1v) is 8.92. The molecule has 6 heteroatoms. The summed E-state index contributed by atoms with van der Waals surface area (Å²) in [5.41, 5.74) is 2.32. The van der Waals surface area contributed by atoms with E-state index in [-0.39, 0.29) is 5.91 Å². The van der Waals surface area contributed by atoms with Gasteiger partial charge in [0.15, 0.2) is 0 Å². The molecule has 27 heavy (non-hydrogen) atoms. The Morgan fingerprint density at radius 2 is 1.81 bits per heavy atom. The minimum Gasteiger partial charge on any atom is -0.378 e. The zero-order valence-electron chi connectivity index (χ0n) is 14.9. The first-order valence-electron chi connectivity index (χ1n) is 8.92. The van der Waals surface area contributed by atoms with Crippen LogP contribution >= 0.6 is 0 Å². The van der Waals surface area contributed by atoms with Crippen LogP contribution in [0.4, 0.5) is 5.82 Å². The van der Waals surface area contributed by atoms with Gasteiger partial charge in [0, 0.05) is 25.5 Å². The first-order chi connectivity index (χ1) is 13.3. The van der Waals surface area contributed by atoms with E-state index in [0.717, 1.165) is 30.2 Å². The van der Waals surface area contributed by atoms with Gasteiger partial charge in [-0.1, -0.05) is 36.4 Å². The van der Waals surface area contributed by atoms with Crippen molar-refractivity contribution in [2.45, 2.75) is 0 Å². The molecule has 0 aliphatic carbocycles. The molecular formula is C21H20N4O2. The van der Waals surface area contributed by atoms with E-state index in [4.69, 9.17) is 4.74 Å². The predicted octanol–water partition coefficient (Wildman–Crippen LogP) is 2.97. The Bertz CT molecular complexity index is 926. The highest BCUT2D eigenvalue weighted by Gasteiger charge is 2.14. The van der Waals surface area contributed by atoms with Gasteiger partial charge in [0.1, 0.15) is 5.82 Å². The van der Waals surface area contributed by atoms with Crippen LogP contribution in [-0.2, 0) is 4.74 Å². The Morgan fingerprint density at radius 3 is 2.56 bits per heavy atom. The number of hydrogen-bond donors (Lipinski definition) is 0. The average molecular weight is 360 g/mol. The van der Waals surface area contributed by atoms with E-state index in [9.17, 15) is 4.79 Å². The van der Waals surface area contributed by atoms with Crippen molar-refractivity contribution in [3.8, 4) is 0 Å². The molecule has 0 atom stereocenters. The Morgan fingerprint density at radius 1 is 1.00 bits per heavy atom. The van der Waals surface area contributed by atoms with Gasteiger partial charge in [-0.25, -0.2) is 9.67 Å². The highest BCUT2D eigenvalue weighted by atomic mass is 16.5. The van der Waals surface area contributed by atoms with Gasteiger partial charge in [-0.3, -0.25) is 4.79 Å². The van der Waals surface area contributed by atoms with Gasteiger partial charge in [-0.05, 0) is 29.8 Å². The van der Waals surface area contributed by atoms with E-state index in [0.29, 0.717) is 18.8 Å². The van der Waals surface area contributed by atoms with Crippen molar-refractivity contribution in [1.82, 2.24) is 14.8 Å². The number of nitrogens with zero attached hydrogens (tertiary/aromatic N) is 4. The fourth-order valence-corrected chi connectivity index (χ4v) is 2.91. The van der Waals surface area contributed by atoms with Gasteiger partial charge < -0.3 is 9.64 Å². The third kappa shape index (κ3) is 4.12. The van der Waals surface area contributed by atoms with Gasteiger partial charge in [-0.2, -0.15) is 5.10 Å². The predicted molar refractivity (Wildman–Crippen MR) is 105 cm³/mol. The summed E-state index contributed by atoms with van der Waals surface area (Å²) in [6, 6.07) is 15.4. The van der Waals surface area contributed by atoms with Gasteiger partial charge >= 0.3 is 0 Å². The summed E-state index contributed by atoms with van der Waals surface area (Å²) in [6.45, 7) is 3.04. The van der Waals surface area contributed by atoms with E-state index < -0.39 is 0 Å². The lowest BCUT2D eigenvalue weighted by Crippen LogP contribution is -2.36. The topological polar surface area (TPSA) is 60.3 Å². The summed E-state index contributed by atoms with van der Waals surface area (Å²) in [5.74, 6) is 0.664. The molecule has 1 aliphatic heterocycles. The highest BCUT2D eigenvalue weighted by molar-refractivity contribution is 5.95. The zero-order chi connectivity index (χ0) is 18.5. The molecule has 0 saturated carbocycles. The van der Waals surface area contributed by atoms with Gasteiger partial charge in [0.2, 0.25) is 0 Å². The van der Waals surface area contributed by atoms with E-state index >= 15 is 0 Å². The number of aromatic nitrogens is 3. The maximum absolute atomic E-state index is 12.6. The Labute approximate surface area is 157 Å². The summed E-state index contributed by atoms with van der Waals surface area (Å²) in [5, 5.41) is 4.34. The van der Waals surface area contributed by atoms with Crippen LogP contribution in [0.2, 0.25) is 0 Å². The fourth-order valence-electron chi connectivity index (χ4n) is 2.91. The molecule has 1 saturated heterocycles. The molecule has 0 N–H and O–H groups in total. The zero-order valence-corrected chi connectivity index (χ0v) is 14.9. The minimum atomic E-state index is -0.199. The second-order valence-corrected chi connectivity index (χ2v) is 6.24. The molecule has 1 fully saturated rings. The lowest BCUT2D eigenvalue weighted by atomic mass is 10.2. The van der Waals surface area contributed by atoms with E-state index in [1.807, 2.05) is 54.6 Å². The van der Waals surface area contributed by atoms with Crippen molar-refractivity contribution in [2.75, 3.05) is 31.2 Å². The number of anilines is 1. The molecule has 136 valence electrons. The van der Waals surface area contributed by atoms with Gasteiger partial charge in [0.05, 0.1) is 24.5 Å². The Hall–Kier alpha value is -3.25. The van der Waals surface area contributed by atoms with Gasteiger partial charge in [-0.15, -0.1) is 0 Å². The van der Waals surface area contributed by atoms with Crippen molar-refractivity contribution < 1.29 is 9.53 Å². The largest absolute Gasteiger partial charge is 0.378 e. The molecule has 3 aromatic rings. The van der Waals surface area contributed by atoms with Crippen molar-refractivity contribution >= 4 is 23.9 Å². The van der Waals surface area contributed by atoms with E-state index in [1.54, 1.807) is 18.5 Å². The summed E-state index contributed by atoms with van der Waals surface area (Å²) in [6.07, 6.45) is 7.13. The number of hydrogen-bond acceptors (Lipinski definition) is 5. The van der Waals surface area contributed by atoms with Crippen LogP contribution in [0.5, 0.6) is 0 Å². The number of ether oxygens (including phenoxy) is 1. The molecule has 0 spiro atoms. The summed E-state index contributed by atoms with van der Waals surface area (Å²) >= 11 is 0. The minimum absolute atomic E-state index is 0.199. The molecule has 4 rings (SSSR count). The van der Waals surface area contributed by atoms with Crippen LogP contribution in [0.3, 0.4) is 0 Å². The molecule has 0 bridgehead atoms. The van der Waals surface area contributed by atoms with Crippen LogP contribution in [-0.4, -0.2) is 47.0 Å². The summed E-state index contributed by atoms with van der Waals surface area (Å²) in [4.78, 5) is 19.2. The smallest absolute Gasteiger partial charge is 0.279 e. The normalized spacial score (nSPS) is 14.6. The molecule has 2 aromatic heterocycles. The number of carbonyl (C=O) groups excluding carboxylic acids is 1. The van der Waals surface area contributed by atoms with Crippen molar-refractivity contribution in [3.63, 3.8) is 0 Å². The second kappa shape index (κ2) is 7.97. The van der Waals surface area contributed by atoms with E-state index in [2.05, 4.69) is 15.0 Å². The number of benzene rings is 1. The van der Waals surface area contributed by atoms with Crippen molar-refractivity contribution in [1.29, 1.82) is 0 Å². The number of carbonyl (C=O) groups is 1. The maximum Gasteiger partial charge on any atom is 0.279 e. The quantitative estimate of drug-likeness (QED) is 0.716. The lowest BCUT2D eigenvalue weighted by Gasteiger charge is -2.27. The van der Waals surface area contributed by atoms with Crippen LogP contribution in [0.25, 0.3) is 12.2 Å². The Kier molecular flexibility index (Phi) is 5.07. The molecule has 0 unspecified atom stereocenters. The summed E-state index contributed by atoms with van der Waals surface area (Å²) in [7, 11) is 0. The fraction of sp³-hybridized carbons (Fsp3) is 0.190. The van der Waals surface area contributed by atoms with E-state index in [1.165, 1.54) is 4.68 Å². The molecular weight excluding hydrogens is 340 g/mol. The van der Waals surface area contributed by atoms with Crippen molar-refractivity contribution in [3.05, 3.63) is 77.7 Å². The maximum atomic E-state index is 12.6. The second-order valence-electron chi connectivity index (χ2n) is 6.24. The monoisotopic (exact) mass is 360 g/mol. The number of morpholine rings is 1. The third-order valence-corrected chi connectivity index (χ3v) is 4.39. The molecule has 0 radical (unpaired) electrons. The molecule has 6 nitrogen and oxygen atoms in total. The molecule has 0 amide bonds. The molecule has 1 aliphatic rings. The Balaban J connectivity index is 1.45. The summed E-state index contributed by atoms with van der Waals surface area (Å²) < 4.78 is 6.69. The average Bonchev–Trinajstić information content (AvgIpc) is 3.22. The highest BCUT2D eigenvalue weighted by Crippen LogP contribution is 2.14. The molecule has 1 aromatic carbocycles. The van der Waals surface area contributed by atoms with Crippen molar-refractivity contribution in [2.24, 2.45) is 0 Å². The third-order valence-electron chi connectivity index (χ3n) is 4.39. The van der Waals surface area contributed by atoms with Crippen LogP contribution in [0, 0.1) is 0 Å². The van der Waals surface area contributed by atoms with Crippen LogP contribution in [0.1, 0.15) is 21.6 Å². The van der Waals surface area contributed by atoms with Crippen LogP contribution in [0.15, 0.2) is 60.9 Å². The SMILES string of the molecule is O=C(c1ccc(N2CCOCC2)nc1)n1ccc(C=Cc2ccccc2)n1. The molecule has 3 heterocycles. The lowest BCUT2D eigenvalue weighted by molar-refractivity contribution is 0.0944. The van der Waals surface area contributed by atoms with Gasteiger partial charge in [0.25, 0.3) is 5.91 Å². The first kappa shape index (κ1) is 17.2. The number of rotatable bonds is 4. The van der Waals surface area contributed by atoms with Crippen LogP contribution < -0.4 is 4.90 Å².